The van der Waals surface area contributed by atoms with E-state index in [2.05, 4.69) is 15.0 Å². The summed E-state index contributed by atoms with van der Waals surface area (Å²) in [7, 11) is 0. The Morgan fingerprint density at radius 3 is 2.47 bits per heavy atom. The van der Waals surface area contributed by atoms with Crippen LogP contribution in [0.3, 0.4) is 0 Å². The molecule has 6 nitrogen and oxygen atoms in total. The van der Waals surface area contributed by atoms with Crippen molar-refractivity contribution in [2.75, 3.05) is 0 Å². The molecular formula is C19H13F6N5OS. The Labute approximate surface area is 179 Å². The number of hydrogen-bond acceptors (Lipinski definition) is 5. The van der Waals surface area contributed by atoms with E-state index < -0.39 is 18.1 Å². The summed E-state index contributed by atoms with van der Waals surface area (Å²) in [5.41, 5.74) is -0.343. The average molecular weight is 473 g/mol. The Hall–Kier alpha value is -3.35. The topological polar surface area (TPSA) is 68.7 Å². The normalized spacial score (nSPS) is 12.4. The van der Waals surface area contributed by atoms with Gasteiger partial charge in [0.1, 0.15) is 11.4 Å². The lowest BCUT2D eigenvalue weighted by molar-refractivity contribution is -0.274. The predicted molar refractivity (Wildman–Crippen MR) is 103 cm³/mol. The van der Waals surface area contributed by atoms with Crippen LogP contribution in [0.4, 0.5) is 26.3 Å². The zero-order chi connectivity index (χ0) is 23.1. The molecule has 0 bridgehead atoms. The fourth-order valence-electron chi connectivity index (χ4n) is 3.17. The number of benzene rings is 2. The first-order valence-corrected chi connectivity index (χ1v) is 9.83. The number of hydrogen-bond donors (Lipinski definition) is 1. The third-order valence-corrected chi connectivity index (χ3v) is 5.47. The molecule has 2 aromatic carbocycles. The van der Waals surface area contributed by atoms with Crippen molar-refractivity contribution in [3.05, 3.63) is 59.0 Å². The first kappa shape index (κ1) is 21.9. The minimum atomic E-state index is -4.82. The maximum atomic E-state index is 13.2. The van der Waals surface area contributed by atoms with Gasteiger partial charge in [0.05, 0.1) is 28.5 Å². The largest absolute Gasteiger partial charge is 0.573 e. The van der Waals surface area contributed by atoms with E-state index in [9.17, 15) is 26.3 Å². The highest BCUT2D eigenvalue weighted by atomic mass is 32.1. The smallest absolute Gasteiger partial charge is 0.406 e. The van der Waals surface area contributed by atoms with Crippen LogP contribution in [0.15, 0.2) is 48.7 Å². The van der Waals surface area contributed by atoms with Gasteiger partial charge in [0.15, 0.2) is 4.80 Å². The van der Waals surface area contributed by atoms with Crippen LogP contribution in [0.1, 0.15) is 5.56 Å². The average Bonchev–Trinajstić information content (AvgIpc) is 3.28. The number of rotatable bonds is 5. The number of aryl methyl sites for hydroxylation is 2. The highest BCUT2D eigenvalue weighted by molar-refractivity contribution is 7.16. The highest BCUT2D eigenvalue weighted by Crippen LogP contribution is 2.36. The molecule has 0 spiro atoms. The summed E-state index contributed by atoms with van der Waals surface area (Å²) in [5, 5.41) is 15.8. The quantitative estimate of drug-likeness (QED) is 0.412. The number of nitrogens with zero attached hydrogens (tertiary/aromatic N) is 4. The van der Waals surface area contributed by atoms with E-state index in [0.717, 1.165) is 23.5 Å². The molecule has 4 rings (SSSR count). The number of halogens is 6. The Balaban J connectivity index is 1.55. The molecule has 1 N–H and O–H groups in total. The Morgan fingerprint density at radius 1 is 1.00 bits per heavy atom. The summed E-state index contributed by atoms with van der Waals surface area (Å²) in [6, 6.07) is 8.79. The molecule has 0 fully saturated rings. The first-order chi connectivity index (χ1) is 15.0. The number of ether oxygens (including phenoxy) is 1. The van der Waals surface area contributed by atoms with Crippen molar-refractivity contribution < 1.29 is 31.1 Å². The minimum Gasteiger partial charge on any atom is -0.406 e. The van der Waals surface area contributed by atoms with Crippen molar-refractivity contribution in [3.8, 4) is 17.0 Å². The Bertz CT molecular complexity index is 1320. The zero-order valence-electron chi connectivity index (χ0n) is 15.9. The van der Waals surface area contributed by atoms with Crippen LogP contribution in [0.5, 0.6) is 5.75 Å². The molecule has 0 saturated carbocycles. The summed E-state index contributed by atoms with van der Waals surface area (Å²) in [6.07, 6.45) is -7.99. The van der Waals surface area contributed by atoms with Crippen LogP contribution < -0.4 is 9.54 Å². The highest BCUT2D eigenvalue weighted by Gasteiger charge is 2.34. The van der Waals surface area contributed by atoms with Gasteiger partial charge in [-0.15, -0.1) is 18.3 Å². The third kappa shape index (κ3) is 4.61. The number of fused-ring (bicyclic) bond motifs is 1. The summed E-state index contributed by atoms with van der Waals surface area (Å²) in [5.74, 6) is -0.386. The molecule has 2 aromatic heterocycles. The first-order valence-electron chi connectivity index (χ1n) is 9.02. The lowest BCUT2D eigenvalue weighted by atomic mass is 10.1. The molecule has 4 aromatic rings. The summed E-state index contributed by atoms with van der Waals surface area (Å²) >= 11 is 0.973. The van der Waals surface area contributed by atoms with Crippen molar-refractivity contribution in [2.24, 2.45) is 0 Å². The van der Waals surface area contributed by atoms with Crippen molar-refractivity contribution in [3.63, 3.8) is 0 Å². The van der Waals surface area contributed by atoms with Gasteiger partial charge in [-0.2, -0.15) is 13.2 Å². The molecule has 0 amide bonds. The van der Waals surface area contributed by atoms with E-state index in [1.54, 1.807) is 4.57 Å². The summed E-state index contributed by atoms with van der Waals surface area (Å²) in [4.78, 5) is 0.0897. The molecule has 0 atom stereocenters. The minimum absolute atomic E-state index is 0.0538. The fourth-order valence-corrected chi connectivity index (χ4v) is 4.14. The van der Waals surface area contributed by atoms with Crippen molar-refractivity contribution in [2.45, 2.75) is 25.6 Å². The maximum Gasteiger partial charge on any atom is 0.573 e. The molecule has 0 aliphatic heterocycles. The van der Waals surface area contributed by atoms with E-state index in [1.165, 1.54) is 41.2 Å². The van der Waals surface area contributed by atoms with Crippen LogP contribution >= 0.6 is 11.3 Å². The van der Waals surface area contributed by atoms with Crippen LogP contribution in [0.25, 0.3) is 21.5 Å². The SMILES string of the molecule is N=c1sc2cc(OC(F)(F)F)ccc2n1CCn1cc(-c2ccccc2C(F)(F)F)nn1. The van der Waals surface area contributed by atoms with Crippen molar-refractivity contribution in [1.29, 1.82) is 5.41 Å². The molecule has 0 saturated heterocycles. The molecular weight excluding hydrogens is 460 g/mol. The van der Waals surface area contributed by atoms with Gasteiger partial charge in [-0.3, -0.25) is 10.1 Å². The summed E-state index contributed by atoms with van der Waals surface area (Å²) in [6.45, 7) is 0.395. The van der Waals surface area contributed by atoms with Gasteiger partial charge in [0.2, 0.25) is 0 Å². The Morgan fingerprint density at radius 2 is 1.75 bits per heavy atom. The second kappa shape index (κ2) is 7.97. The van der Waals surface area contributed by atoms with Gasteiger partial charge in [-0.1, -0.05) is 34.7 Å². The molecule has 0 unspecified atom stereocenters. The number of alkyl halides is 6. The van der Waals surface area contributed by atoms with E-state index in [-0.39, 0.29) is 34.9 Å². The number of aromatic nitrogens is 4. The molecule has 0 aliphatic rings. The third-order valence-electron chi connectivity index (χ3n) is 4.51. The maximum absolute atomic E-state index is 13.2. The van der Waals surface area contributed by atoms with Gasteiger partial charge in [0.25, 0.3) is 0 Å². The molecule has 0 radical (unpaired) electrons. The molecule has 0 aliphatic carbocycles. The van der Waals surface area contributed by atoms with Gasteiger partial charge in [-0.05, 0) is 24.3 Å². The molecule has 13 heteroatoms. The van der Waals surface area contributed by atoms with Gasteiger partial charge in [-0.25, -0.2) is 0 Å². The second-order valence-electron chi connectivity index (χ2n) is 6.65. The summed E-state index contributed by atoms with van der Waals surface area (Å²) < 4.78 is 84.2. The van der Waals surface area contributed by atoms with Crippen molar-refractivity contribution >= 4 is 21.6 Å². The molecule has 168 valence electrons. The van der Waals surface area contributed by atoms with E-state index in [0.29, 0.717) is 10.2 Å². The number of thiazole rings is 1. The molecule has 2 heterocycles. The van der Waals surface area contributed by atoms with Crippen LogP contribution in [-0.4, -0.2) is 25.9 Å². The van der Waals surface area contributed by atoms with Crippen LogP contribution in [0.2, 0.25) is 0 Å². The van der Waals surface area contributed by atoms with E-state index >= 15 is 0 Å². The lowest BCUT2D eigenvalue weighted by Gasteiger charge is -2.10. The fraction of sp³-hybridized carbons (Fsp3) is 0.211. The predicted octanol–water partition coefficient (Wildman–Crippen LogP) is 5.06. The van der Waals surface area contributed by atoms with Crippen LogP contribution in [0, 0.1) is 5.41 Å². The second-order valence-corrected chi connectivity index (χ2v) is 7.68. The van der Waals surface area contributed by atoms with Gasteiger partial charge >= 0.3 is 12.5 Å². The van der Waals surface area contributed by atoms with E-state index in [1.807, 2.05) is 0 Å². The Kier molecular flexibility index (Phi) is 5.44. The monoisotopic (exact) mass is 473 g/mol. The van der Waals surface area contributed by atoms with Gasteiger partial charge < -0.3 is 9.30 Å². The van der Waals surface area contributed by atoms with Crippen LogP contribution in [-0.2, 0) is 19.3 Å². The standard InChI is InChI=1S/C19H13F6N5OS/c20-18(21,22)13-4-2-1-3-12(13)14-10-29(28-27-14)7-8-30-15-6-5-11(31-19(23,24)25)9-16(15)32-17(30)26/h1-6,9-10,26H,7-8H2. The zero-order valence-corrected chi connectivity index (χ0v) is 16.7. The van der Waals surface area contributed by atoms with Gasteiger partial charge in [0, 0.05) is 12.1 Å². The van der Waals surface area contributed by atoms with Crippen molar-refractivity contribution in [1.82, 2.24) is 19.6 Å². The van der Waals surface area contributed by atoms with E-state index in [4.69, 9.17) is 5.41 Å². The molecule has 32 heavy (non-hydrogen) atoms. The number of nitrogens with one attached hydrogen (secondary N) is 1. The lowest BCUT2D eigenvalue weighted by Crippen LogP contribution is -2.17.